The van der Waals surface area contributed by atoms with Crippen molar-refractivity contribution in [3.05, 3.63) is 52.1 Å². The van der Waals surface area contributed by atoms with Crippen molar-refractivity contribution >= 4 is 34.2 Å². The Kier molecular flexibility index (Phi) is 3.46. The molecule has 1 aromatic carbocycles. The van der Waals surface area contributed by atoms with Gasteiger partial charge in [0.1, 0.15) is 5.82 Å². The van der Waals surface area contributed by atoms with Crippen LogP contribution in [0.25, 0.3) is 10.9 Å². The van der Waals surface area contributed by atoms with Gasteiger partial charge >= 0.3 is 0 Å². The van der Waals surface area contributed by atoms with E-state index in [0.29, 0.717) is 28.5 Å². The molecular formula is C16H16N8O. The Morgan fingerprint density at radius 1 is 0.960 bits per heavy atom. The van der Waals surface area contributed by atoms with E-state index in [2.05, 4.69) is 41.0 Å². The molecule has 4 rings (SSSR count). The Hall–Kier alpha value is -3.62. The lowest BCUT2D eigenvalue weighted by molar-refractivity contribution is 1.04. The first-order valence-electron chi connectivity index (χ1n) is 7.69. The zero-order valence-electron chi connectivity index (χ0n) is 13.6. The summed E-state index contributed by atoms with van der Waals surface area (Å²) in [7, 11) is 0. The van der Waals surface area contributed by atoms with Gasteiger partial charge in [0.15, 0.2) is 5.82 Å². The highest BCUT2D eigenvalue weighted by Gasteiger charge is 2.07. The van der Waals surface area contributed by atoms with Gasteiger partial charge in [-0.25, -0.2) is 4.98 Å². The van der Waals surface area contributed by atoms with E-state index < -0.39 is 0 Å². The third kappa shape index (κ3) is 3.07. The lowest BCUT2D eigenvalue weighted by Gasteiger charge is -2.08. The highest BCUT2D eigenvalue weighted by molar-refractivity contribution is 5.82. The molecule has 0 saturated carbocycles. The summed E-state index contributed by atoms with van der Waals surface area (Å²) in [4.78, 5) is 20.4. The third-order valence-corrected chi connectivity index (χ3v) is 3.65. The van der Waals surface area contributed by atoms with Crippen LogP contribution in [0.2, 0.25) is 0 Å². The maximum Gasteiger partial charge on any atom is 0.271 e. The lowest BCUT2D eigenvalue weighted by atomic mass is 10.2. The monoisotopic (exact) mass is 336 g/mol. The van der Waals surface area contributed by atoms with E-state index in [-0.39, 0.29) is 5.56 Å². The van der Waals surface area contributed by atoms with Gasteiger partial charge in [-0.1, -0.05) is 0 Å². The van der Waals surface area contributed by atoms with Crippen LogP contribution in [0, 0.1) is 13.8 Å². The number of rotatable bonds is 4. The number of aromatic amines is 3. The van der Waals surface area contributed by atoms with Crippen molar-refractivity contribution in [3.63, 3.8) is 0 Å². The standard InChI is InChI=1S/C16H16N8O/c1-8-5-13(19-14-6-9(2)21-23-14)20-16(17-8)18-10-3-4-11-12(7-10)22-24-15(11)25/h3-7H,1-2H3,(H2,22,24,25)(H3,17,18,19,20,21,23). The second-order valence-electron chi connectivity index (χ2n) is 5.74. The van der Waals surface area contributed by atoms with Crippen LogP contribution in [-0.4, -0.2) is 30.4 Å². The fourth-order valence-electron chi connectivity index (χ4n) is 2.55. The lowest BCUT2D eigenvalue weighted by Crippen LogP contribution is -2.02. The fraction of sp³-hybridized carbons (Fsp3) is 0.125. The summed E-state index contributed by atoms with van der Waals surface area (Å²) in [5.74, 6) is 1.78. The van der Waals surface area contributed by atoms with Crippen LogP contribution >= 0.6 is 0 Å². The van der Waals surface area contributed by atoms with Gasteiger partial charge in [0, 0.05) is 29.2 Å². The first kappa shape index (κ1) is 14.9. The summed E-state index contributed by atoms with van der Waals surface area (Å²) in [5.41, 5.74) is 3.11. The van der Waals surface area contributed by atoms with Gasteiger partial charge in [-0.05, 0) is 32.0 Å². The molecule has 0 aliphatic carbocycles. The SMILES string of the molecule is Cc1cc(Nc2cc(C)[nH]n2)nc(Nc2ccc3c(=O)[nH][nH]c3c2)n1. The van der Waals surface area contributed by atoms with E-state index in [9.17, 15) is 4.79 Å². The number of aromatic nitrogens is 6. The van der Waals surface area contributed by atoms with E-state index in [1.807, 2.05) is 32.0 Å². The molecule has 3 aromatic heterocycles. The summed E-state index contributed by atoms with van der Waals surface area (Å²) in [6, 6.07) is 9.10. The molecule has 3 heterocycles. The van der Waals surface area contributed by atoms with Crippen molar-refractivity contribution in [2.75, 3.05) is 10.6 Å². The van der Waals surface area contributed by atoms with Gasteiger partial charge < -0.3 is 10.6 Å². The van der Waals surface area contributed by atoms with Crippen molar-refractivity contribution in [1.29, 1.82) is 0 Å². The van der Waals surface area contributed by atoms with Crippen LogP contribution in [0.15, 0.2) is 35.1 Å². The second-order valence-corrected chi connectivity index (χ2v) is 5.74. The highest BCUT2D eigenvalue weighted by Crippen LogP contribution is 2.20. The molecule has 0 spiro atoms. The number of benzene rings is 1. The Balaban J connectivity index is 1.61. The van der Waals surface area contributed by atoms with Gasteiger partial charge in [-0.3, -0.25) is 20.1 Å². The smallest absolute Gasteiger partial charge is 0.271 e. The van der Waals surface area contributed by atoms with Gasteiger partial charge in [0.25, 0.3) is 5.56 Å². The zero-order valence-corrected chi connectivity index (χ0v) is 13.6. The number of anilines is 4. The quantitative estimate of drug-likeness (QED) is 0.389. The Labute approximate surface area is 141 Å². The number of hydrogen-bond donors (Lipinski definition) is 5. The predicted octanol–water partition coefficient (Wildman–Crippen LogP) is 2.47. The summed E-state index contributed by atoms with van der Waals surface area (Å²) >= 11 is 0. The molecule has 0 aliphatic heterocycles. The fourth-order valence-corrected chi connectivity index (χ4v) is 2.55. The van der Waals surface area contributed by atoms with E-state index in [1.54, 1.807) is 12.1 Å². The molecule has 4 aromatic rings. The van der Waals surface area contributed by atoms with Crippen LogP contribution in [0.3, 0.4) is 0 Å². The number of nitrogens with one attached hydrogen (secondary N) is 5. The van der Waals surface area contributed by atoms with E-state index in [0.717, 1.165) is 17.1 Å². The maximum atomic E-state index is 11.6. The average molecular weight is 336 g/mol. The zero-order chi connectivity index (χ0) is 17.4. The van der Waals surface area contributed by atoms with Crippen LogP contribution in [0.5, 0.6) is 0 Å². The van der Waals surface area contributed by atoms with Crippen molar-refractivity contribution in [2.24, 2.45) is 0 Å². The highest BCUT2D eigenvalue weighted by atomic mass is 16.1. The molecule has 0 amide bonds. The maximum absolute atomic E-state index is 11.6. The van der Waals surface area contributed by atoms with E-state index in [4.69, 9.17) is 0 Å². The Bertz CT molecular complexity index is 1110. The molecule has 25 heavy (non-hydrogen) atoms. The summed E-state index contributed by atoms with van der Waals surface area (Å²) in [5, 5.41) is 19.3. The summed E-state index contributed by atoms with van der Waals surface area (Å²) in [6.45, 7) is 3.82. The molecule has 0 aliphatic rings. The number of hydrogen-bond acceptors (Lipinski definition) is 6. The summed E-state index contributed by atoms with van der Waals surface area (Å²) in [6.07, 6.45) is 0. The molecule has 0 saturated heterocycles. The first-order chi connectivity index (χ1) is 12.1. The minimum Gasteiger partial charge on any atom is -0.324 e. The summed E-state index contributed by atoms with van der Waals surface area (Å²) < 4.78 is 0. The number of fused-ring (bicyclic) bond motifs is 1. The van der Waals surface area contributed by atoms with Crippen LogP contribution in [0.1, 0.15) is 11.4 Å². The molecule has 0 fully saturated rings. The Morgan fingerprint density at radius 2 is 1.84 bits per heavy atom. The molecule has 126 valence electrons. The number of H-pyrrole nitrogens is 3. The van der Waals surface area contributed by atoms with Gasteiger partial charge in [-0.2, -0.15) is 10.1 Å². The third-order valence-electron chi connectivity index (χ3n) is 3.65. The molecule has 0 unspecified atom stereocenters. The topological polar surface area (TPSA) is 127 Å². The molecule has 9 nitrogen and oxygen atoms in total. The van der Waals surface area contributed by atoms with E-state index >= 15 is 0 Å². The normalized spacial score (nSPS) is 11.0. The van der Waals surface area contributed by atoms with Crippen LogP contribution < -0.4 is 16.2 Å². The number of nitrogens with zero attached hydrogens (tertiary/aromatic N) is 3. The molecule has 0 atom stereocenters. The second kappa shape index (κ2) is 5.78. The van der Waals surface area contributed by atoms with Crippen molar-refractivity contribution < 1.29 is 0 Å². The molecular weight excluding hydrogens is 320 g/mol. The minimum atomic E-state index is -0.144. The van der Waals surface area contributed by atoms with Gasteiger partial charge in [0.05, 0.1) is 10.9 Å². The Morgan fingerprint density at radius 3 is 2.64 bits per heavy atom. The van der Waals surface area contributed by atoms with Crippen LogP contribution in [-0.2, 0) is 0 Å². The van der Waals surface area contributed by atoms with Crippen molar-refractivity contribution in [3.8, 4) is 0 Å². The molecule has 0 bridgehead atoms. The van der Waals surface area contributed by atoms with Crippen molar-refractivity contribution in [1.82, 2.24) is 30.4 Å². The largest absolute Gasteiger partial charge is 0.324 e. The molecule has 9 heteroatoms. The van der Waals surface area contributed by atoms with Gasteiger partial charge in [0.2, 0.25) is 5.95 Å². The van der Waals surface area contributed by atoms with E-state index in [1.165, 1.54) is 0 Å². The van der Waals surface area contributed by atoms with Crippen LogP contribution in [0.4, 0.5) is 23.3 Å². The minimum absolute atomic E-state index is 0.144. The predicted molar refractivity (Wildman–Crippen MR) is 95.6 cm³/mol. The number of aryl methyl sites for hydroxylation is 2. The van der Waals surface area contributed by atoms with Gasteiger partial charge in [-0.15, -0.1) is 0 Å². The molecule has 0 radical (unpaired) electrons. The molecule has 5 N–H and O–H groups in total. The first-order valence-corrected chi connectivity index (χ1v) is 7.69. The average Bonchev–Trinajstić information content (AvgIpc) is 3.13. The van der Waals surface area contributed by atoms with Crippen molar-refractivity contribution in [2.45, 2.75) is 13.8 Å².